The lowest BCUT2D eigenvalue weighted by molar-refractivity contribution is 0.360. The fourth-order valence-electron chi connectivity index (χ4n) is 6.96. The van der Waals surface area contributed by atoms with Gasteiger partial charge in [0.1, 0.15) is 0 Å². The smallest absolute Gasteiger partial charge is 0.210 e. The molecular weight excluding hydrogens is 729 g/mol. The molecule has 0 fully saturated rings. The van der Waals surface area contributed by atoms with Crippen LogP contribution in [0.1, 0.15) is 219 Å². The van der Waals surface area contributed by atoms with Gasteiger partial charge in [-0.1, -0.05) is 128 Å². The molecule has 0 amide bonds. The number of rotatable bonds is 40. The molecule has 0 aliphatic carbocycles. The second-order valence-electron chi connectivity index (χ2n) is 15.7. The van der Waals surface area contributed by atoms with Crippen molar-refractivity contribution in [2.75, 3.05) is 26.2 Å². The predicted molar refractivity (Wildman–Crippen MR) is 225 cm³/mol. The Morgan fingerprint density at radius 2 is 0.491 bits per heavy atom. The highest BCUT2D eigenvalue weighted by atomic mass is 32.3. The first-order chi connectivity index (χ1) is 26.5. The van der Waals surface area contributed by atoms with Crippen LogP contribution in [0.4, 0.5) is 0 Å². The Kier molecular flexibility index (Phi) is 33.6. The van der Waals surface area contributed by atoms with Crippen LogP contribution in [0.2, 0.25) is 0 Å². The molecule has 0 spiro atoms. The van der Waals surface area contributed by atoms with E-state index in [1.54, 1.807) is 0 Å². The second-order valence-corrected chi connectivity index (χ2v) is 21.0. The molecule has 55 heavy (non-hydrogen) atoms. The molecular formula is C43H78N6O4S2. The molecule has 0 radical (unpaired) electrons. The Balaban J connectivity index is 5.68. The van der Waals surface area contributed by atoms with Crippen molar-refractivity contribution in [2.24, 2.45) is 0 Å². The van der Waals surface area contributed by atoms with Crippen molar-refractivity contribution in [3.8, 4) is 24.3 Å². The molecule has 0 heterocycles. The van der Waals surface area contributed by atoms with E-state index in [1.165, 1.54) is 22.5 Å². The number of nitrogens with zero attached hydrogens (tertiary/aromatic N) is 6. The molecule has 0 aromatic heterocycles. The van der Waals surface area contributed by atoms with Crippen molar-refractivity contribution < 1.29 is 16.8 Å². The Labute approximate surface area is 339 Å². The highest BCUT2D eigenvalue weighted by molar-refractivity contribution is 8.08. The molecule has 12 heteroatoms. The van der Waals surface area contributed by atoms with Crippen molar-refractivity contribution in [1.29, 1.82) is 21.0 Å². The normalized spacial score (nSPS) is 12.1. The summed E-state index contributed by atoms with van der Waals surface area (Å²) in [6.07, 6.45) is 28.7. The average molecular weight is 807 g/mol. The Hall–Kier alpha value is -2.22. The maximum atomic E-state index is 14.5. The van der Waals surface area contributed by atoms with Crippen molar-refractivity contribution >= 4 is 20.0 Å². The molecule has 316 valence electrons. The van der Waals surface area contributed by atoms with E-state index in [1.807, 2.05) is 0 Å². The van der Waals surface area contributed by atoms with Gasteiger partial charge in [0.25, 0.3) is 0 Å². The maximum Gasteiger partial charge on any atom is 0.235 e. The van der Waals surface area contributed by atoms with Gasteiger partial charge in [0.05, 0.1) is 24.3 Å². The van der Waals surface area contributed by atoms with Crippen LogP contribution in [0, 0.1) is 45.3 Å². The fraction of sp³-hybridized carbons (Fsp3) is 0.907. The van der Waals surface area contributed by atoms with Gasteiger partial charge < -0.3 is 0 Å². The second kappa shape index (κ2) is 35.0. The minimum atomic E-state index is -4.22. The van der Waals surface area contributed by atoms with Crippen LogP contribution < -0.4 is 0 Å². The summed E-state index contributed by atoms with van der Waals surface area (Å²) in [4.78, 5) is 0. The monoisotopic (exact) mass is 807 g/mol. The lowest BCUT2D eigenvalue weighted by Crippen LogP contribution is -2.55. The van der Waals surface area contributed by atoms with E-state index in [-0.39, 0.29) is 0 Å². The molecule has 0 saturated heterocycles. The molecule has 0 unspecified atom stereocenters. The van der Waals surface area contributed by atoms with Crippen molar-refractivity contribution in [2.45, 2.75) is 223 Å². The van der Waals surface area contributed by atoms with E-state index in [0.29, 0.717) is 77.5 Å². The van der Waals surface area contributed by atoms with Crippen LogP contribution in [0.5, 0.6) is 0 Å². The summed E-state index contributed by atoms with van der Waals surface area (Å²) in [5, 5.41) is 35.0. The zero-order valence-corrected chi connectivity index (χ0v) is 36.7. The topological polar surface area (TPSA) is 170 Å². The van der Waals surface area contributed by atoms with Gasteiger partial charge in [-0.25, -0.2) is 25.4 Å². The Bertz CT molecular complexity index is 1160. The molecule has 0 aliphatic rings. The van der Waals surface area contributed by atoms with Crippen molar-refractivity contribution in [3.05, 3.63) is 0 Å². The number of unbranched alkanes of at least 4 members (excludes halogenated alkanes) is 28. The molecule has 10 nitrogen and oxygen atoms in total. The van der Waals surface area contributed by atoms with E-state index < -0.39 is 24.1 Å². The van der Waals surface area contributed by atoms with Crippen molar-refractivity contribution in [3.63, 3.8) is 0 Å². The average Bonchev–Trinajstić information content (AvgIpc) is 3.16. The maximum absolute atomic E-state index is 14.5. The summed E-state index contributed by atoms with van der Waals surface area (Å²) >= 11 is 0. The Morgan fingerprint density at radius 1 is 0.327 bits per heavy atom. The van der Waals surface area contributed by atoms with Gasteiger partial charge in [-0.05, 0) is 65.2 Å². The third-order valence-electron chi connectivity index (χ3n) is 10.7. The summed E-state index contributed by atoms with van der Waals surface area (Å²) in [6, 6.07) is 8.75. The SMILES string of the molecule is CC(C)(S(=O)(=O)N(CCCCCCCCCC#N)CCCCCCCCCC#N)S(=O)(=O)N(CCCCCCCCCC#N)CCCCCCCCCC#N. The van der Waals surface area contributed by atoms with Gasteiger partial charge in [-0.2, -0.15) is 21.0 Å². The number of hydrogen-bond acceptors (Lipinski definition) is 8. The molecule has 0 N–H and O–H groups in total. The van der Waals surface area contributed by atoms with E-state index in [2.05, 4.69) is 24.3 Å². The summed E-state index contributed by atoms with van der Waals surface area (Å²) in [5.74, 6) is 0. The number of nitriles is 4. The molecule has 0 aliphatic heterocycles. The van der Waals surface area contributed by atoms with Gasteiger partial charge in [0, 0.05) is 51.9 Å². The largest absolute Gasteiger partial charge is 0.235 e. The summed E-state index contributed by atoms with van der Waals surface area (Å²) < 4.78 is 59.0. The van der Waals surface area contributed by atoms with Gasteiger partial charge >= 0.3 is 0 Å². The van der Waals surface area contributed by atoms with Crippen LogP contribution in [0.25, 0.3) is 0 Å². The first-order valence-corrected chi connectivity index (χ1v) is 24.9. The Morgan fingerprint density at radius 3 is 0.673 bits per heavy atom. The summed E-state index contributed by atoms with van der Waals surface area (Å²) in [7, 11) is -8.45. The third kappa shape index (κ3) is 24.9. The van der Waals surface area contributed by atoms with Gasteiger partial charge in [0.15, 0.2) is 4.08 Å². The zero-order chi connectivity index (χ0) is 40.9. The highest BCUT2D eigenvalue weighted by Crippen LogP contribution is 2.32. The first kappa shape index (κ1) is 52.8. The van der Waals surface area contributed by atoms with Gasteiger partial charge in [-0.15, -0.1) is 0 Å². The molecule has 0 saturated carbocycles. The molecule has 0 atom stereocenters. The molecule has 0 aromatic rings. The lowest BCUT2D eigenvalue weighted by Gasteiger charge is -2.36. The van der Waals surface area contributed by atoms with E-state index in [4.69, 9.17) is 21.0 Å². The summed E-state index contributed by atoms with van der Waals surface area (Å²) in [6.45, 7) is 4.03. The minimum Gasteiger partial charge on any atom is -0.210 e. The molecule has 0 rings (SSSR count). The predicted octanol–water partition coefficient (Wildman–Crippen LogP) is 11.6. The van der Waals surface area contributed by atoms with E-state index in [0.717, 1.165) is 154 Å². The lowest BCUT2D eigenvalue weighted by atomic mass is 10.1. The van der Waals surface area contributed by atoms with Crippen LogP contribution in [0.3, 0.4) is 0 Å². The van der Waals surface area contributed by atoms with Gasteiger partial charge in [0.2, 0.25) is 20.0 Å². The summed E-state index contributed by atoms with van der Waals surface area (Å²) in [5.41, 5.74) is 0. The van der Waals surface area contributed by atoms with Crippen molar-refractivity contribution in [1.82, 2.24) is 8.61 Å². The zero-order valence-electron chi connectivity index (χ0n) is 35.1. The van der Waals surface area contributed by atoms with E-state index >= 15 is 0 Å². The van der Waals surface area contributed by atoms with Crippen LogP contribution >= 0.6 is 0 Å². The van der Waals surface area contributed by atoms with Gasteiger partial charge in [-0.3, -0.25) is 0 Å². The highest BCUT2D eigenvalue weighted by Gasteiger charge is 2.52. The fourth-order valence-corrected chi connectivity index (χ4v) is 11.4. The third-order valence-corrected chi connectivity index (χ3v) is 16.5. The van der Waals surface area contributed by atoms with Crippen LogP contribution in [0.15, 0.2) is 0 Å². The van der Waals surface area contributed by atoms with E-state index in [9.17, 15) is 16.8 Å². The molecule has 0 bridgehead atoms. The number of hydrogen-bond donors (Lipinski definition) is 0. The van der Waals surface area contributed by atoms with Crippen LogP contribution in [-0.4, -0.2) is 55.7 Å². The minimum absolute atomic E-state index is 0.312. The quantitative estimate of drug-likeness (QED) is 0.0551. The number of sulfonamides is 2. The molecule has 0 aromatic carbocycles. The van der Waals surface area contributed by atoms with Crippen LogP contribution in [-0.2, 0) is 20.0 Å². The first-order valence-electron chi connectivity index (χ1n) is 22.0. The standard InChI is InChI=1S/C43H78N6O4S2/c1-43(2,54(50,51)48(39-31-23-15-7-3-11-19-27-35-44)40-32-24-16-8-4-12-20-28-36-45)55(52,53)49(41-33-25-17-9-5-13-21-29-37-46)42-34-26-18-10-6-14-22-30-38-47/h3-34,39-42H2,1-2H3.